The Hall–Kier alpha value is -1.72. The normalized spacial score (nSPS) is 10.6. The zero-order chi connectivity index (χ0) is 7.84. The van der Waals surface area contributed by atoms with Crippen molar-refractivity contribution in [2.45, 2.75) is 0 Å². The van der Waals surface area contributed by atoms with Gasteiger partial charge in [0.2, 0.25) is 0 Å². The lowest BCUT2D eigenvalue weighted by atomic mass is 10.5. The molecule has 0 aliphatic carbocycles. The van der Waals surface area contributed by atoms with E-state index >= 15 is 0 Å². The molecule has 0 unspecified atom stereocenters. The molecule has 0 amide bonds. The molecule has 0 saturated heterocycles. The Bertz CT molecular complexity index is 441. The summed E-state index contributed by atoms with van der Waals surface area (Å²) in [6.45, 7) is 0. The van der Waals surface area contributed by atoms with Gasteiger partial charge in [0.15, 0.2) is 11.1 Å². The van der Waals surface area contributed by atoms with Gasteiger partial charge in [-0.2, -0.15) is 0 Å². The van der Waals surface area contributed by atoms with E-state index in [0.29, 0.717) is 11.2 Å². The van der Waals surface area contributed by atoms with Crippen molar-refractivity contribution in [1.29, 1.82) is 5.41 Å². The zero-order valence-corrected chi connectivity index (χ0v) is 5.37. The fourth-order valence-electron chi connectivity index (χ4n) is 0.829. The third kappa shape index (κ3) is 0.721. The maximum absolute atomic E-state index is 12.5. The minimum atomic E-state index is -0.271. The van der Waals surface area contributed by atoms with Gasteiger partial charge in [0.1, 0.15) is 11.8 Å². The minimum Gasteiger partial charge on any atom is -0.340 e. The van der Waals surface area contributed by atoms with E-state index in [2.05, 4.69) is 15.0 Å². The fraction of sp³-hybridized carbons (Fsp3) is 0. The zero-order valence-electron chi connectivity index (χ0n) is 5.37. The number of hydrogen-bond acceptors (Lipinski definition) is 3. The predicted molar refractivity (Wildman–Crippen MR) is 34.2 cm³/mol. The van der Waals surface area contributed by atoms with Crippen LogP contribution in [0, 0.1) is 5.41 Å². The van der Waals surface area contributed by atoms with Gasteiger partial charge >= 0.3 is 0 Å². The molecule has 11 heavy (non-hydrogen) atoms. The summed E-state index contributed by atoms with van der Waals surface area (Å²) in [6.07, 6.45) is 2.28. The molecule has 0 aromatic carbocycles. The third-order valence-corrected chi connectivity index (χ3v) is 1.35. The van der Waals surface area contributed by atoms with Crippen molar-refractivity contribution in [3.63, 3.8) is 0 Å². The SMILES string of the molecule is N=c1c2[nH]cnc2ncn1F. The van der Waals surface area contributed by atoms with Crippen LogP contribution < -0.4 is 5.49 Å². The number of halogens is 1. The van der Waals surface area contributed by atoms with E-state index in [1.54, 1.807) is 0 Å². The second-order valence-electron chi connectivity index (χ2n) is 2.01. The molecule has 5 nitrogen and oxygen atoms in total. The molecule has 0 radical (unpaired) electrons. The lowest BCUT2D eigenvalue weighted by molar-refractivity contribution is 0.342. The summed E-state index contributed by atoms with van der Waals surface area (Å²) in [6, 6.07) is 0. The number of H-pyrrole nitrogens is 1. The molecule has 0 fully saturated rings. The van der Waals surface area contributed by atoms with Crippen molar-refractivity contribution >= 4 is 11.2 Å². The van der Waals surface area contributed by atoms with E-state index < -0.39 is 0 Å². The van der Waals surface area contributed by atoms with E-state index in [1.165, 1.54) is 6.33 Å². The molecule has 2 N–H and O–H groups in total. The Morgan fingerprint density at radius 3 is 3.18 bits per heavy atom. The Morgan fingerprint density at radius 2 is 2.36 bits per heavy atom. The van der Waals surface area contributed by atoms with Crippen molar-refractivity contribution in [2.75, 3.05) is 0 Å². The van der Waals surface area contributed by atoms with Crippen LogP contribution in [-0.4, -0.2) is 19.7 Å². The van der Waals surface area contributed by atoms with Gasteiger partial charge < -0.3 is 4.98 Å². The summed E-state index contributed by atoms with van der Waals surface area (Å²) in [5, 5.41) is 7.18. The quantitative estimate of drug-likeness (QED) is 0.558. The molecule has 0 saturated carbocycles. The van der Waals surface area contributed by atoms with E-state index in [4.69, 9.17) is 5.41 Å². The van der Waals surface area contributed by atoms with Crippen molar-refractivity contribution in [2.24, 2.45) is 0 Å². The van der Waals surface area contributed by atoms with Gasteiger partial charge in [-0.25, -0.2) is 9.97 Å². The first-order chi connectivity index (χ1) is 5.29. The molecule has 2 rings (SSSR count). The Kier molecular flexibility index (Phi) is 1.03. The third-order valence-electron chi connectivity index (χ3n) is 1.35. The monoisotopic (exact) mass is 153 g/mol. The number of hydrogen-bond donors (Lipinski definition) is 2. The summed E-state index contributed by atoms with van der Waals surface area (Å²) in [7, 11) is 0. The largest absolute Gasteiger partial charge is 0.340 e. The van der Waals surface area contributed by atoms with Crippen molar-refractivity contribution < 1.29 is 4.48 Å². The van der Waals surface area contributed by atoms with Crippen molar-refractivity contribution in [1.82, 2.24) is 19.7 Å². The average Bonchev–Trinajstić information content (AvgIpc) is 2.45. The van der Waals surface area contributed by atoms with Gasteiger partial charge in [-0.05, 0) is 0 Å². The van der Waals surface area contributed by atoms with E-state index in [9.17, 15) is 4.48 Å². The van der Waals surface area contributed by atoms with Crippen LogP contribution in [0.3, 0.4) is 0 Å². The summed E-state index contributed by atoms with van der Waals surface area (Å²) in [5.41, 5.74) is 0.381. The summed E-state index contributed by atoms with van der Waals surface area (Å²) in [5.74, 6) is 0. The number of rotatable bonds is 0. The van der Waals surface area contributed by atoms with Gasteiger partial charge in [-0.15, -0.1) is 4.79 Å². The Balaban J connectivity index is 3.05. The highest BCUT2D eigenvalue weighted by Gasteiger charge is 2.00. The average molecular weight is 153 g/mol. The van der Waals surface area contributed by atoms with Crippen molar-refractivity contribution in [3.05, 3.63) is 18.1 Å². The smallest absolute Gasteiger partial charge is 0.184 e. The molecule has 0 bridgehead atoms. The van der Waals surface area contributed by atoms with Crippen LogP contribution in [-0.2, 0) is 0 Å². The Morgan fingerprint density at radius 1 is 1.55 bits per heavy atom. The van der Waals surface area contributed by atoms with Gasteiger partial charge in [0.05, 0.1) is 6.33 Å². The highest BCUT2D eigenvalue weighted by molar-refractivity contribution is 5.67. The number of imidazole rings is 1. The number of nitrogens with zero attached hydrogens (tertiary/aromatic N) is 3. The lowest BCUT2D eigenvalue weighted by Crippen LogP contribution is -2.14. The standard InChI is InChI=1S/C5H4FN5/c6-11-2-10-5-3(4(11)7)8-1-9-5/h1-2,7H,(H,8,9). The molecule has 2 heterocycles. The predicted octanol–water partition coefficient (Wildman–Crippen LogP) is -0.0285. The van der Waals surface area contributed by atoms with Gasteiger partial charge in [-0.3, -0.25) is 5.41 Å². The molecule has 6 heteroatoms. The highest BCUT2D eigenvalue weighted by atomic mass is 19.2. The number of nitrogens with one attached hydrogen (secondary N) is 2. The topological polar surface area (TPSA) is 70.3 Å². The van der Waals surface area contributed by atoms with Crippen molar-refractivity contribution in [3.8, 4) is 0 Å². The number of fused-ring (bicyclic) bond motifs is 1. The van der Waals surface area contributed by atoms with Crippen LogP contribution >= 0.6 is 0 Å². The van der Waals surface area contributed by atoms with E-state index in [0.717, 1.165) is 6.33 Å². The molecule has 0 atom stereocenters. The van der Waals surface area contributed by atoms with E-state index in [-0.39, 0.29) is 10.3 Å². The van der Waals surface area contributed by atoms with E-state index in [1.807, 2.05) is 0 Å². The van der Waals surface area contributed by atoms with Gasteiger partial charge in [0, 0.05) is 0 Å². The lowest BCUT2D eigenvalue weighted by Gasteiger charge is -1.90. The van der Waals surface area contributed by atoms with Crippen LogP contribution in [0.4, 0.5) is 4.48 Å². The summed E-state index contributed by atoms with van der Waals surface area (Å²) in [4.78, 5) is 10.1. The second-order valence-corrected chi connectivity index (χ2v) is 2.01. The summed E-state index contributed by atoms with van der Waals surface area (Å²) >= 11 is 0. The van der Waals surface area contributed by atoms with Crippen LogP contribution in [0.15, 0.2) is 12.7 Å². The minimum absolute atomic E-state index is 0.126. The molecule has 0 aliphatic heterocycles. The van der Waals surface area contributed by atoms with Crippen LogP contribution in [0.5, 0.6) is 0 Å². The number of aromatic nitrogens is 4. The molecule has 56 valence electrons. The second kappa shape index (κ2) is 1.88. The fourth-order valence-corrected chi connectivity index (χ4v) is 0.829. The van der Waals surface area contributed by atoms with Crippen LogP contribution in [0.1, 0.15) is 0 Å². The highest BCUT2D eigenvalue weighted by Crippen LogP contribution is 1.96. The maximum atomic E-state index is 12.5. The molecule has 2 aromatic rings. The molecule has 2 aromatic heterocycles. The van der Waals surface area contributed by atoms with Gasteiger partial charge in [-0.1, -0.05) is 4.48 Å². The Labute approximate surface area is 60.0 Å². The van der Waals surface area contributed by atoms with Crippen LogP contribution in [0.25, 0.3) is 11.2 Å². The first-order valence-corrected chi connectivity index (χ1v) is 2.90. The number of aromatic amines is 1. The summed E-state index contributed by atoms with van der Waals surface area (Å²) < 4.78 is 12.5. The van der Waals surface area contributed by atoms with Crippen LogP contribution in [0.2, 0.25) is 0 Å². The molecular formula is C5H4FN5. The maximum Gasteiger partial charge on any atom is 0.184 e. The molecule has 0 aliphatic rings. The first-order valence-electron chi connectivity index (χ1n) is 2.90. The van der Waals surface area contributed by atoms with Gasteiger partial charge in [0.25, 0.3) is 0 Å². The molecular weight excluding hydrogens is 149 g/mol. The first kappa shape index (κ1) is 6.02. The molecule has 0 spiro atoms.